The number of primary amides is 1. The van der Waals surface area contributed by atoms with E-state index in [1.54, 1.807) is 29.2 Å². The van der Waals surface area contributed by atoms with Gasteiger partial charge in [-0.1, -0.05) is 29.8 Å². The van der Waals surface area contributed by atoms with Crippen LogP contribution in [0.2, 0.25) is 5.02 Å². The lowest BCUT2D eigenvalue weighted by Gasteiger charge is -2.35. The Labute approximate surface area is 172 Å². The second kappa shape index (κ2) is 9.41. The minimum absolute atomic E-state index is 0.0730. The molecule has 2 aromatic rings. The zero-order valence-electron chi connectivity index (χ0n) is 15.2. The van der Waals surface area contributed by atoms with Crippen LogP contribution in [0.4, 0.5) is 4.39 Å². The van der Waals surface area contributed by atoms with Gasteiger partial charge in [0, 0.05) is 48.2 Å². The Morgan fingerprint density at radius 2 is 1.79 bits per heavy atom. The molecule has 1 heterocycles. The fourth-order valence-electron chi connectivity index (χ4n) is 3.10. The molecule has 2 aromatic carbocycles. The number of nitrogens with zero attached hydrogens (tertiary/aromatic N) is 2. The van der Waals surface area contributed by atoms with E-state index >= 15 is 0 Å². The maximum atomic E-state index is 14.0. The number of piperazine rings is 1. The van der Waals surface area contributed by atoms with Crippen molar-refractivity contribution in [1.29, 1.82) is 0 Å². The van der Waals surface area contributed by atoms with Gasteiger partial charge in [-0.2, -0.15) is 0 Å². The molecule has 148 valence electrons. The molecular formula is C20H21ClFN3O2S. The van der Waals surface area contributed by atoms with Gasteiger partial charge in [0.25, 0.3) is 5.91 Å². The molecule has 2 N–H and O–H groups in total. The molecule has 1 fully saturated rings. The SMILES string of the molecule is NC(=O)CSc1ccccc1C(=O)N1CCN(Cc2c(F)cccc2Cl)CC1. The Hall–Kier alpha value is -2.09. The Morgan fingerprint density at radius 3 is 2.46 bits per heavy atom. The standard InChI is InChI=1S/C20H21ClFN3O2S/c21-16-5-3-6-17(22)15(16)12-24-8-10-25(11-9-24)20(27)14-4-1-2-7-18(14)28-13-19(23)26/h1-7H,8-13H2,(H2,23,26). The number of rotatable bonds is 6. The summed E-state index contributed by atoms with van der Waals surface area (Å²) in [4.78, 5) is 28.6. The molecule has 2 amide bonds. The third kappa shape index (κ3) is 5.04. The van der Waals surface area contributed by atoms with Crippen molar-refractivity contribution in [2.24, 2.45) is 5.73 Å². The maximum Gasteiger partial charge on any atom is 0.255 e. The molecule has 1 saturated heterocycles. The summed E-state index contributed by atoms with van der Waals surface area (Å²) < 4.78 is 14.0. The predicted octanol–water partition coefficient (Wildman–Crippen LogP) is 3.01. The summed E-state index contributed by atoms with van der Waals surface area (Å²) in [6.45, 7) is 2.76. The molecule has 0 aromatic heterocycles. The van der Waals surface area contributed by atoms with E-state index in [1.165, 1.54) is 17.8 Å². The molecule has 0 bridgehead atoms. The van der Waals surface area contributed by atoms with Gasteiger partial charge >= 0.3 is 0 Å². The Kier molecular flexibility index (Phi) is 6.93. The van der Waals surface area contributed by atoms with Gasteiger partial charge in [0.05, 0.1) is 11.3 Å². The quantitative estimate of drug-likeness (QED) is 0.728. The zero-order valence-corrected chi connectivity index (χ0v) is 16.8. The zero-order chi connectivity index (χ0) is 20.1. The molecule has 0 saturated carbocycles. The highest BCUT2D eigenvalue weighted by atomic mass is 35.5. The third-order valence-corrected chi connectivity index (χ3v) is 6.04. The van der Waals surface area contributed by atoms with Crippen molar-refractivity contribution in [2.45, 2.75) is 11.4 Å². The minimum atomic E-state index is -0.423. The van der Waals surface area contributed by atoms with Crippen LogP contribution in [0.25, 0.3) is 0 Å². The maximum absolute atomic E-state index is 14.0. The molecule has 0 unspecified atom stereocenters. The molecule has 8 heteroatoms. The number of benzene rings is 2. The minimum Gasteiger partial charge on any atom is -0.369 e. The van der Waals surface area contributed by atoms with E-state index in [0.717, 1.165) is 4.90 Å². The highest BCUT2D eigenvalue weighted by Crippen LogP contribution is 2.25. The first-order valence-electron chi connectivity index (χ1n) is 8.90. The van der Waals surface area contributed by atoms with E-state index in [4.69, 9.17) is 17.3 Å². The third-order valence-electron chi connectivity index (χ3n) is 4.59. The molecule has 0 atom stereocenters. The van der Waals surface area contributed by atoms with Gasteiger partial charge in [0.15, 0.2) is 0 Å². The number of carbonyl (C=O) groups is 2. The van der Waals surface area contributed by atoms with Crippen LogP contribution < -0.4 is 5.73 Å². The van der Waals surface area contributed by atoms with Gasteiger partial charge in [-0.3, -0.25) is 14.5 Å². The lowest BCUT2D eigenvalue weighted by molar-refractivity contribution is -0.115. The lowest BCUT2D eigenvalue weighted by Crippen LogP contribution is -2.48. The molecule has 1 aliphatic heterocycles. The van der Waals surface area contributed by atoms with Gasteiger partial charge in [-0.05, 0) is 24.3 Å². The first-order valence-corrected chi connectivity index (χ1v) is 10.3. The highest BCUT2D eigenvalue weighted by molar-refractivity contribution is 8.00. The molecule has 0 aliphatic carbocycles. The van der Waals surface area contributed by atoms with E-state index in [9.17, 15) is 14.0 Å². The summed E-state index contributed by atoms with van der Waals surface area (Å²) in [6, 6.07) is 11.9. The second-order valence-corrected chi connectivity index (χ2v) is 7.94. The van der Waals surface area contributed by atoms with Crippen molar-refractivity contribution >= 4 is 35.2 Å². The smallest absolute Gasteiger partial charge is 0.255 e. The number of hydrogen-bond donors (Lipinski definition) is 1. The van der Waals surface area contributed by atoms with Gasteiger partial charge in [0.2, 0.25) is 5.91 Å². The Morgan fingerprint density at radius 1 is 1.07 bits per heavy atom. The highest BCUT2D eigenvalue weighted by Gasteiger charge is 2.24. The number of carbonyl (C=O) groups excluding carboxylic acids is 2. The molecule has 5 nitrogen and oxygen atoms in total. The van der Waals surface area contributed by atoms with Crippen LogP contribution in [0, 0.1) is 5.82 Å². The van der Waals surface area contributed by atoms with Crippen LogP contribution >= 0.6 is 23.4 Å². The summed E-state index contributed by atoms with van der Waals surface area (Å²) in [5, 5.41) is 0.416. The van der Waals surface area contributed by atoms with Gasteiger partial charge in [-0.15, -0.1) is 11.8 Å². The van der Waals surface area contributed by atoms with E-state index in [1.807, 2.05) is 12.1 Å². The van der Waals surface area contributed by atoms with E-state index in [-0.39, 0.29) is 17.5 Å². The first kappa shape index (κ1) is 20.6. The molecular weight excluding hydrogens is 401 g/mol. The van der Waals surface area contributed by atoms with Gasteiger partial charge in [0.1, 0.15) is 5.82 Å². The van der Waals surface area contributed by atoms with Crippen LogP contribution in [0.1, 0.15) is 15.9 Å². The molecule has 0 spiro atoms. The number of hydrogen-bond acceptors (Lipinski definition) is 4. The summed E-state index contributed by atoms with van der Waals surface area (Å²) in [7, 11) is 0. The Bertz CT molecular complexity index is 852. The van der Waals surface area contributed by atoms with Crippen LogP contribution in [-0.2, 0) is 11.3 Å². The lowest BCUT2D eigenvalue weighted by atomic mass is 10.1. The van der Waals surface area contributed by atoms with Crippen LogP contribution in [0.15, 0.2) is 47.4 Å². The number of halogens is 2. The first-order chi connectivity index (χ1) is 13.5. The van der Waals surface area contributed by atoms with Crippen molar-refractivity contribution < 1.29 is 14.0 Å². The van der Waals surface area contributed by atoms with Gasteiger partial charge < -0.3 is 10.6 Å². The van der Waals surface area contributed by atoms with Crippen LogP contribution in [-0.4, -0.2) is 53.5 Å². The topological polar surface area (TPSA) is 66.6 Å². The molecule has 1 aliphatic rings. The Balaban J connectivity index is 1.62. The summed E-state index contributed by atoms with van der Waals surface area (Å²) in [5.41, 5.74) is 6.26. The molecule has 0 radical (unpaired) electrons. The number of thioether (sulfide) groups is 1. The van der Waals surface area contributed by atoms with Crippen molar-refractivity contribution in [3.05, 3.63) is 64.4 Å². The summed E-state index contributed by atoms with van der Waals surface area (Å²) in [5.74, 6) is -0.684. The summed E-state index contributed by atoms with van der Waals surface area (Å²) in [6.07, 6.45) is 0. The molecule has 3 rings (SSSR count). The van der Waals surface area contributed by atoms with Gasteiger partial charge in [-0.25, -0.2) is 4.39 Å². The van der Waals surface area contributed by atoms with Crippen LogP contribution in [0.3, 0.4) is 0 Å². The average molecular weight is 422 g/mol. The average Bonchev–Trinajstić information content (AvgIpc) is 2.69. The fourth-order valence-corrected chi connectivity index (χ4v) is 4.11. The van der Waals surface area contributed by atoms with Crippen molar-refractivity contribution in [2.75, 3.05) is 31.9 Å². The van der Waals surface area contributed by atoms with Crippen molar-refractivity contribution in [3.63, 3.8) is 0 Å². The van der Waals surface area contributed by atoms with Crippen molar-refractivity contribution in [1.82, 2.24) is 9.80 Å². The summed E-state index contributed by atoms with van der Waals surface area (Å²) >= 11 is 7.38. The predicted molar refractivity (Wildman–Crippen MR) is 109 cm³/mol. The molecule has 28 heavy (non-hydrogen) atoms. The normalized spacial score (nSPS) is 14.9. The fraction of sp³-hybridized carbons (Fsp3) is 0.300. The monoisotopic (exact) mass is 421 g/mol. The largest absolute Gasteiger partial charge is 0.369 e. The van der Waals surface area contributed by atoms with E-state index in [2.05, 4.69) is 4.90 Å². The second-order valence-electron chi connectivity index (χ2n) is 6.52. The number of amides is 2. The van der Waals surface area contributed by atoms with E-state index < -0.39 is 5.91 Å². The van der Waals surface area contributed by atoms with Crippen LogP contribution in [0.5, 0.6) is 0 Å². The van der Waals surface area contributed by atoms with Crippen molar-refractivity contribution in [3.8, 4) is 0 Å². The van der Waals surface area contributed by atoms with E-state index in [0.29, 0.717) is 48.9 Å². The number of nitrogens with two attached hydrogens (primary N) is 1.